The van der Waals surface area contributed by atoms with Crippen LogP contribution in [0.5, 0.6) is 0 Å². The first-order chi connectivity index (χ1) is 14.5. The van der Waals surface area contributed by atoms with Crippen molar-refractivity contribution in [3.63, 3.8) is 0 Å². The predicted octanol–water partition coefficient (Wildman–Crippen LogP) is 7.16. The van der Waals surface area contributed by atoms with E-state index in [1.165, 1.54) is 39.3 Å². The van der Waals surface area contributed by atoms with E-state index < -0.39 is 31.8 Å². The van der Waals surface area contributed by atoms with Crippen molar-refractivity contribution in [1.82, 2.24) is 9.97 Å². The van der Waals surface area contributed by atoms with E-state index >= 15 is 0 Å². The molecule has 2 heterocycles. The SMILES string of the molecule is C[Si](C)(C)C(F)(F)F.O=Cc1cc(Br)ccn1.OC(c1cc(Br)ccn1)C(F)(F)F.[3H]C. The van der Waals surface area contributed by atoms with Crippen LogP contribution >= 0.6 is 31.9 Å². The molecular weight excluding hydrogens is 578 g/mol. The van der Waals surface area contributed by atoms with E-state index in [2.05, 4.69) is 41.8 Å². The second-order valence-electron chi connectivity index (χ2n) is 6.61. The quantitative estimate of drug-likeness (QED) is 0.225. The highest BCUT2D eigenvalue weighted by Crippen LogP contribution is 2.32. The molecule has 2 aromatic rings. The van der Waals surface area contributed by atoms with Crippen LogP contribution in [0.15, 0.2) is 45.6 Å². The van der Waals surface area contributed by atoms with Crippen molar-refractivity contribution >= 4 is 46.2 Å². The molecule has 2 rings (SSSR count). The lowest BCUT2D eigenvalue weighted by molar-refractivity contribution is -0.208. The van der Waals surface area contributed by atoms with Gasteiger partial charge in [0.15, 0.2) is 20.5 Å². The molecule has 0 spiro atoms. The normalized spacial score (nSPS) is 12.5. The molecule has 176 valence electrons. The van der Waals surface area contributed by atoms with E-state index in [0.29, 0.717) is 16.5 Å². The minimum absolute atomic E-state index is 0.415. The largest absolute Gasteiger partial charge is 0.420 e. The number of nitrogens with zero attached hydrogens (tertiary/aromatic N) is 2. The number of carbonyl (C=O) groups excluding carboxylic acids is 1. The maximum Gasteiger partial charge on any atom is 0.420 e. The second kappa shape index (κ2) is 13.3. The first-order valence-corrected chi connectivity index (χ1v) is 13.1. The maximum atomic E-state index is 12.0. The van der Waals surface area contributed by atoms with E-state index in [9.17, 15) is 31.1 Å². The molecule has 0 aliphatic rings. The number of hydrogen-bond donors (Lipinski definition) is 1. The highest BCUT2D eigenvalue weighted by molar-refractivity contribution is 9.10. The molecule has 1 unspecified atom stereocenters. The molecule has 4 nitrogen and oxygen atoms in total. The van der Waals surface area contributed by atoms with E-state index in [1.54, 1.807) is 18.3 Å². The van der Waals surface area contributed by atoms with Crippen molar-refractivity contribution in [1.29, 1.82) is 0 Å². The summed E-state index contributed by atoms with van der Waals surface area (Å²) in [6.07, 6.45) is -3.72. The van der Waals surface area contributed by atoms with Crippen LogP contribution in [0, 0.1) is 0 Å². The average Bonchev–Trinajstić information content (AvgIpc) is 2.67. The molecule has 0 aliphatic heterocycles. The number of rotatable bonds is 2. The van der Waals surface area contributed by atoms with Gasteiger partial charge in [0.1, 0.15) is 5.69 Å². The summed E-state index contributed by atoms with van der Waals surface area (Å²) >= 11 is 6.18. The van der Waals surface area contributed by atoms with Crippen LogP contribution in [0.4, 0.5) is 26.3 Å². The third-order valence-electron chi connectivity index (χ3n) is 3.05. The Morgan fingerprint density at radius 2 is 1.45 bits per heavy atom. The van der Waals surface area contributed by atoms with Crippen LogP contribution in [0.25, 0.3) is 0 Å². The summed E-state index contributed by atoms with van der Waals surface area (Å²) in [5, 5.41) is 8.77. The monoisotopic (exact) mass is 600 g/mol. The molecule has 0 aromatic carbocycles. The van der Waals surface area contributed by atoms with E-state index in [4.69, 9.17) is 6.48 Å². The highest BCUT2D eigenvalue weighted by Gasteiger charge is 2.45. The Bertz CT molecular complexity index is 809. The molecule has 1 atom stereocenters. The van der Waals surface area contributed by atoms with Gasteiger partial charge in [0.25, 0.3) is 0 Å². The molecule has 1 N–H and O–H groups in total. The smallest absolute Gasteiger partial charge is 0.378 e. The minimum Gasteiger partial charge on any atom is -0.378 e. The molecule has 0 bridgehead atoms. The molecule has 0 saturated heterocycles. The number of aldehydes is 1. The lowest BCUT2D eigenvalue weighted by atomic mass is 10.2. The first kappa shape index (κ1) is 29.7. The number of carbonyl (C=O) groups is 1. The van der Waals surface area contributed by atoms with Gasteiger partial charge in [-0.1, -0.05) is 58.9 Å². The minimum atomic E-state index is -4.67. The number of aliphatic hydroxyl groups is 1. The van der Waals surface area contributed by atoms with Gasteiger partial charge in [0.2, 0.25) is 0 Å². The standard InChI is InChI=1S/C7H5BrF3NO.C6H4BrNO.C4H9F3Si.CH4/c8-4-1-2-12-5(3-4)6(13)7(9,10)11;7-5-1-2-8-6(3-5)4-9;1-8(2,3)4(5,6)7;/h1-3,6,13H;1-4H;1-3H3;1H4/i;;;1T. The van der Waals surface area contributed by atoms with Crippen molar-refractivity contribution in [2.75, 3.05) is 0 Å². The zero-order valence-corrected chi connectivity index (χ0v) is 21.1. The van der Waals surface area contributed by atoms with E-state index in [0.717, 1.165) is 10.5 Å². The van der Waals surface area contributed by atoms with Gasteiger partial charge in [0, 0.05) is 22.7 Å². The molecule has 0 amide bonds. The van der Waals surface area contributed by atoms with Crippen LogP contribution in [0.2, 0.25) is 19.6 Å². The highest BCUT2D eigenvalue weighted by atomic mass is 79.9. The molecule has 0 radical (unpaired) electrons. The van der Waals surface area contributed by atoms with Gasteiger partial charge in [-0.15, -0.1) is 0 Å². The van der Waals surface area contributed by atoms with Crippen LogP contribution in [-0.4, -0.2) is 41.4 Å². The van der Waals surface area contributed by atoms with Gasteiger partial charge in [0.05, 0.1) is 5.69 Å². The van der Waals surface area contributed by atoms with Crippen molar-refractivity contribution in [2.24, 2.45) is 0 Å². The number of aromatic nitrogens is 2. The lowest BCUT2D eigenvalue weighted by Gasteiger charge is -2.19. The summed E-state index contributed by atoms with van der Waals surface area (Å²) in [7, 11) is -1.61. The van der Waals surface area contributed by atoms with Crippen LogP contribution < -0.4 is 0 Å². The lowest BCUT2D eigenvalue weighted by Crippen LogP contribution is -2.40. The Morgan fingerprint density at radius 3 is 1.74 bits per heavy atom. The zero-order valence-electron chi connectivity index (χ0n) is 17.9. The van der Waals surface area contributed by atoms with Gasteiger partial charge < -0.3 is 5.11 Å². The fourth-order valence-corrected chi connectivity index (χ4v) is 1.93. The van der Waals surface area contributed by atoms with E-state index in [1.807, 2.05) is 0 Å². The molecule has 13 heteroatoms. The van der Waals surface area contributed by atoms with Gasteiger partial charge in [-0.3, -0.25) is 14.8 Å². The Balaban J connectivity index is 0. The van der Waals surface area contributed by atoms with Crippen molar-refractivity contribution < 1.29 is 37.6 Å². The van der Waals surface area contributed by atoms with Crippen molar-refractivity contribution in [3.8, 4) is 0 Å². The van der Waals surface area contributed by atoms with Crippen LogP contribution in [-0.2, 0) is 0 Å². The van der Waals surface area contributed by atoms with Crippen LogP contribution in [0.1, 0.15) is 31.1 Å². The molecule has 0 saturated carbocycles. The van der Waals surface area contributed by atoms with Gasteiger partial charge in [-0.25, -0.2) is 0 Å². The summed E-state index contributed by atoms with van der Waals surface area (Å²) in [4.78, 5) is 17.2. The van der Waals surface area contributed by atoms with Gasteiger partial charge >= 0.3 is 12.0 Å². The Labute approximate surface area is 195 Å². The maximum absolute atomic E-state index is 12.0. The Morgan fingerprint density at radius 1 is 1.03 bits per heavy atom. The summed E-state index contributed by atoms with van der Waals surface area (Å²) in [6.45, 7) is 3.85. The average molecular weight is 602 g/mol. The third-order valence-corrected chi connectivity index (χ3v) is 5.73. The van der Waals surface area contributed by atoms with Gasteiger partial charge in [-0.2, -0.15) is 26.3 Å². The third kappa shape index (κ3) is 13.0. The summed E-state index contributed by atoms with van der Waals surface area (Å²) < 4.78 is 77.8. The Kier molecular flexibility index (Phi) is 12.7. The van der Waals surface area contributed by atoms with Crippen LogP contribution in [0.3, 0.4) is 0 Å². The number of halogens is 8. The number of alkyl halides is 6. The topological polar surface area (TPSA) is 63.1 Å². The van der Waals surface area contributed by atoms with Crippen molar-refractivity contribution in [2.45, 2.75) is 45.1 Å². The molecule has 0 fully saturated rings. The Hall–Kier alpha value is -1.31. The first-order valence-electron chi connectivity index (χ1n) is 8.98. The fourth-order valence-electron chi connectivity index (χ4n) is 1.22. The number of aliphatic hydroxyl groups excluding tert-OH is 1. The molecular formula is C18H22Br2F6N2O2Si. The summed E-state index contributed by atoms with van der Waals surface area (Å²) in [6, 6.07) is 6.03. The summed E-state index contributed by atoms with van der Waals surface area (Å²) in [5.41, 5.74) is 0.0336. The van der Waals surface area contributed by atoms with E-state index in [-0.39, 0.29) is 0 Å². The second-order valence-corrected chi connectivity index (χ2v) is 13.5. The number of pyridine rings is 2. The van der Waals surface area contributed by atoms with Gasteiger partial charge in [-0.05, 0) is 24.3 Å². The molecule has 31 heavy (non-hydrogen) atoms. The molecule has 0 aliphatic carbocycles. The van der Waals surface area contributed by atoms with Crippen molar-refractivity contribution in [3.05, 3.63) is 57.0 Å². The summed E-state index contributed by atoms with van der Waals surface area (Å²) in [5.74, 6) is -3.92. The molecule has 2 aromatic heterocycles. The number of hydrogen-bond acceptors (Lipinski definition) is 4. The fraction of sp³-hybridized carbons (Fsp3) is 0.389. The predicted molar refractivity (Wildman–Crippen MR) is 116 cm³/mol. The zero-order chi connectivity index (χ0) is 25.8.